The summed E-state index contributed by atoms with van der Waals surface area (Å²) in [6.07, 6.45) is 0. The van der Waals surface area contributed by atoms with Gasteiger partial charge in [-0.2, -0.15) is 0 Å². The van der Waals surface area contributed by atoms with E-state index in [2.05, 4.69) is 10.6 Å². The summed E-state index contributed by atoms with van der Waals surface area (Å²) >= 11 is 0. The Bertz CT molecular complexity index is 1260. The topological polar surface area (TPSA) is 118 Å². The quantitative estimate of drug-likeness (QED) is 0.423. The molecule has 0 atom stereocenters. The first-order valence-electron chi connectivity index (χ1n) is 9.38. The van der Waals surface area contributed by atoms with Crippen LogP contribution >= 0.6 is 0 Å². The van der Waals surface area contributed by atoms with Gasteiger partial charge in [-0.15, -0.1) is 0 Å². The highest BCUT2D eigenvalue weighted by Gasteiger charge is 2.29. The van der Waals surface area contributed by atoms with Crippen molar-refractivity contribution < 1.29 is 18.1 Å². The van der Waals surface area contributed by atoms with Crippen molar-refractivity contribution in [2.24, 2.45) is 0 Å². The number of nitro groups is 1. The average Bonchev–Trinajstić information content (AvgIpc) is 2.75. The third-order valence-electron chi connectivity index (χ3n) is 4.63. The number of benzene rings is 3. The molecule has 160 valence electrons. The van der Waals surface area contributed by atoms with Gasteiger partial charge < -0.3 is 10.6 Å². The lowest BCUT2D eigenvalue weighted by Gasteiger charge is -2.14. The number of aryl methyl sites for hydroxylation is 2. The van der Waals surface area contributed by atoms with Crippen LogP contribution in [0.15, 0.2) is 76.5 Å². The van der Waals surface area contributed by atoms with Crippen LogP contribution in [0.4, 0.5) is 17.1 Å². The van der Waals surface area contributed by atoms with Gasteiger partial charge in [-0.05, 0) is 49.2 Å². The summed E-state index contributed by atoms with van der Waals surface area (Å²) in [4.78, 5) is 22.4. The Balaban J connectivity index is 1.85. The van der Waals surface area contributed by atoms with Crippen molar-refractivity contribution in [3.05, 3.63) is 88.0 Å². The first-order valence-corrected chi connectivity index (χ1v) is 10.9. The molecule has 31 heavy (non-hydrogen) atoms. The van der Waals surface area contributed by atoms with Crippen molar-refractivity contribution in [2.45, 2.75) is 23.6 Å². The molecule has 8 nitrogen and oxygen atoms in total. The number of carbonyl (C=O) groups excluding carboxylic acids is 1. The summed E-state index contributed by atoms with van der Waals surface area (Å²) in [5.74, 6) is -0.355. The van der Waals surface area contributed by atoms with Gasteiger partial charge in [0.15, 0.2) is 0 Å². The van der Waals surface area contributed by atoms with Crippen LogP contribution in [0.5, 0.6) is 0 Å². The molecule has 3 aromatic carbocycles. The van der Waals surface area contributed by atoms with Gasteiger partial charge in [0.2, 0.25) is 15.7 Å². The molecular weight excluding hydrogens is 418 g/mol. The lowest BCUT2D eigenvalue weighted by atomic mass is 10.1. The Labute approximate surface area is 180 Å². The van der Waals surface area contributed by atoms with Gasteiger partial charge in [0, 0.05) is 11.8 Å². The van der Waals surface area contributed by atoms with E-state index < -0.39 is 25.3 Å². The monoisotopic (exact) mass is 439 g/mol. The van der Waals surface area contributed by atoms with Crippen molar-refractivity contribution in [1.29, 1.82) is 0 Å². The van der Waals surface area contributed by atoms with Crippen LogP contribution in [0.2, 0.25) is 0 Å². The molecule has 0 aliphatic rings. The van der Waals surface area contributed by atoms with E-state index in [4.69, 9.17) is 0 Å². The molecule has 0 aliphatic carbocycles. The van der Waals surface area contributed by atoms with Crippen LogP contribution in [0.3, 0.4) is 0 Å². The Hall–Kier alpha value is -3.72. The Morgan fingerprint density at radius 1 is 0.935 bits per heavy atom. The zero-order valence-electron chi connectivity index (χ0n) is 17.0. The lowest BCUT2D eigenvalue weighted by Crippen LogP contribution is -2.23. The largest absolute Gasteiger partial charge is 0.375 e. The number of sulfone groups is 1. The maximum absolute atomic E-state index is 13.2. The third-order valence-corrected chi connectivity index (χ3v) is 6.49. The van der Waals surface area contributed by atoms with Gasteiger partial charge in [0.25, 0.3) is 5.69 Å². The fourth-order valence-electron chi connectivity index (χ4n) is 3.04. The van der Waals surface area contributed by atoms with Gasteiger partial charge in [0.1, 0.15) is 4.90 Å². The minimum Gasteiger partial charge on any atom is -0.375 e. The predicted octanol–water partition coefficient (Wildman–Crippen LogP) is 4.10. The molecular formula is C22H21N3O5S. The fourth-order valence-corrected chi connectivity index (χ4v) is 4.64. The first kappa shape index (κ1) is 22.0. The van der Waals surface area contributed by atoms with Crippen molar-refractivity contribution in [3.63, 3.8) is 0 Å². The number of anilines is 2. The molecule has 0 heterocycles. The molecule has 1 amide bonds. The number of nitrogens with zero attached hydrogens (tertiary/aromatic N) is 1. The highest BCUT2D eigenvalue weighted by Crippen LogP contribution is 2.32. The van der Waals surface area contributed by atoms with Crippen molar-refractivity contribution in [1.82, 2.24) is 0 Å². The molecule has 0 aliphatic heterocycles. The maximum Gasteiger partial charge on any atom is 0.288 e. The van der Waals surface area contributed by atoms with Gasteiger partial charge in [-0.25, -0.2) is 8.42 Å². The summed E-state index contributed by atoms with van der Waals surface area (Å²) in [7, 11) is -4.20. The molecule has 0 fully saturated rings. The molecule has 0 spiro atoms. The number of nitrogens with one attached hydrogen (secondary N) is 2. The average molecular weight is 439 g/mol. The number of carbonyl (C=O) groups is 1. The van der Waals surface area contributed by atoms with Gasteiger partial charge in [-0.1, -0.05) is 36.4 Å². The van der Waals surface area contributed by atoms with Crippen molar-refractivity contribution in [3.8, 4) is 0 Å². The van der Waals surface area contributed by atoms with E-state index in [0.717, 1.165) is 17.2 Å². The molecule has 0 aromatic heterocycles. The number of rotatable bonds is 7. The zero-order chi connectivity index (χ0) is 22.6. The highest BCUT2D eigenvalue weighted by atomic mass is 32.2. The lowest BCUT2D eigenvalue weighted by molar-refractivity contribution is -0.387. The van der Waals surface area contributed by atoms with E-state index in [9.17, 15) is 23.3 Å². The number of amides is 1. The molecule has 3 rings (SSSR count). The second-order valence-corrected chi connectivity index (χ2v) is 8.83. The molecule has 0 unspecified atom stereocenters. The SMILES string of the molecule is Cc1ccc(C)c(NC(=O)CNc2ccccc2S(=O)(=O)c2ccccc2[N+](=O)[O-])c1. The summed E-state index contributed by atoms with van der Waals surface area (Å²) < 4.78 is 26.3. The van der Waals surface area contributed by atoms with Crippen LogP contribution < -0.4 is 10.6 Å². The van der Waals surface area contributed by atoms with E-state index >= 15 is 0 Å². The Morgan fingerprint density at radius 3 is 2.29 bits per heavy atom. The number of para-hydroxylation sites is 2. The van der Waals surface area contributed by atoms with E-state index in [1.807, 2.05) is 32.0 Å². The van der Waals surface area contributed by atoms with Crippen LogP contribution in [-0.2, 0) is 14.6 Å². The normalized spacial score (nSPS) is 11.0. The molecule has 9 heteroatoms. The van der Waals surface area contributed by atoms with Gasteiger partial charge >= 0.3 is 0 Å². The number of hydrogen-bond donors (Lipinski definition) is 2. The van der Waals surface area contributed by atoms with Gasteiger partial charge in [0.05, 0.1) is 22.1 Å². The first-order chi connectivity index (χ1) is 14.7. The van der Waals surface area contributed by atoms with Crippen LogP contribution in [0, 0.1) is 24.0 Å². The minimum absolute atomic E-state index is 0.149. The second kappa shape index (κ2) is 8.97. The minimum atomic E-state index is -4.20. The Morgan fingerprint density at radius 2 is 1.58 bits per heavy atom. The van der Waals surface area contributed by atoms with E-state index in [-0.39, 0.29) is 23.0 Å². The molecule has 0 saturated heterocycles. The Kier molecular flexibility index (Phi) is 6.36. The molecule has 2 N–H and O–H groups in total. The smallest absolute Gasteiger partial charge is 0.288 e. The van der Waals surface area contributed by atoms with Crippen molar-refractivity contribution >= 4 is 32.8 Å². The fraction of sp³-hybridized carbons (Fsp3) is 0.136. The predicted molar refractivity (Wildman–Crippen MR) is 118 cm³/mol. The molecule has 0 bridgehead atoms. The molecule has 0 radical (unpaired) electrons. The number of hydrogen-bond acceptors (Lipinski definition) is 6. The molecule has 3 aromatic rings. The summed E-state index contributed by atoms with van der Waals surface area (Å²) in [6.45, 7) is 3.60. The molecule has 0 saturated carbocycles. The summed E-state index contributed by atoms with van der Waals surface area (Å²) in [6, 6.07) is 16.8. The van der Waals surface area contributed by atoms with Crippen LogP contribution in [0.25, 0.3) is 0 Å². The second-order valence-electron chi connectivity index (χ2n) is 6.94. The van der Waals surface area contributed by atoms with Crippen LogP contribution in [0.1, 0.15) is 11.1 Å². The van der Waals surface area contributed by atoms with E-state index in [1.165, 1.54) is 36.4 Å². The summed E-state index contributed by atoms with van der Waals surface area (Å²) in [5, 5.41) is 16.9. The standard InChI is InChI=1S/C22H21N3O5S/c1-15-11-12-16(2)18(13-15)24-22(26)14-23-17-7-3-5-9-20(17)31(29,30)21-10-6-4-8-19(21)25(27)28/h3-13,23H,14H2,1-2H3,(H,24,26). The summed E-state index contributed by atoms with van der Waals surface area (Å²) in [5.41, 5.74) is 2.24. The van der Waals surface area contributed by atoms with Gasteiger partial charge in [-0.3, -0.25) is 14.9 Å². The van der Waals surface area contributed by atoms with E-state index in [1.54, 1.807) is 6.07 Å². The third kappa shape index (κ3) is 4.89. The maximum atomic E-state index is 13.2. The zero-order valence-corrected chi connectivity index (χ0v) is 17.8. The van der Waals surface area contributed by atoms with Crippen molar-refractivity contribution in [2.75, 3.05) is 17.2 Å². The highest BCUT2D eigenvalue weighted by molar-refractivity contribution is 7.91. The number of nitro benzene ring substituents is 1. The van der Waals surface area contributed by atoms with E-state index in [0.29, 0.717) is 5.69 Å². The van der Waals surface area contributed by atoms with Crippen LogP contribution in [-0.4, -0.2) is 25.8 Å².